The number of carbonyl (C=O) groups excluding carboxylic acids is 2. The molecule has 2 nitrogen and oxygen atoms in total. The quantitative estimate of drug-likeness (QED) is 0.467. The highest BCUT2D eigenvalue weighted by Gasteiger charge is 2.32. The van der Waals surface area contributed by atoms with Gasteiger partial charge in [0.25, 0.3) is 0 Å². The van der Waals surface area contributed by atoms with Gasteiger partial charge in [0.1, 0.15) is 0 Å². The van der Waals surface area contributed by atoms with Crippen LogP contribution in [0.15, 0.2) is 30.3 Å². The zero-order valence-electron chi connectivity index (χ0n) is 19.4. The average Bonchev–Trinajstić information content (AvgIpc) is 2.57. The minimum absolute atomic E-state index is 0.0213. The number of hydrogen-bond donors (Lipinski definition) is 0. The van der Waals surface area contributed by atoms with Gasteiger partial charge in [0.05, 0.1) is 0 Å². The van der Waals surface area contributed by atoms with E-state index in [-0.39, 0.29) is 22.4 Å². The van der Waals surface area contributed by atoms with E-state index in [9.17, 15) is 9.59 Å². The number of aryl methyl sites for hydroxylation is 4. The second kappa shape index (κ2) is 8.92. The Morgan fingerprint density at radius 1 is 0.828 bits per heavy atom. The molecule has 3 heteroatoms. The van der Waals surface area contributed by atoms with Crippen LogP contribution in [0.5, 0.6) is 0 Å². The summed E-state index contributed by atoms with van der Waals surface area (Å²) in [4.78, 5) is 27.3. The number of benzene rings is 2. The highest BCUT2D eigenvalue weighted by molar-refractivity contribution is 7.90. The first-order valence-electron chi connectivity index (χ1n) is 10.4. The smallest absolute Gasteiger partial charge is 0.192 e. The van der Waals surface area contributed by atoms with Gasteiger partial charge < -0.3 is 0 Å². The standard InChI is InChI=1S/C26H35O2P/c1-16(2)15-29(24(27)22-17(3)11-10-12-18(22)4)25(28)23-19(5)13-21(14-20(23)6)26(7,8)9/h10-14,16H,15H2,1-9H3. The van der Waals surface area contributed by atoms with Crippen molar-refractivity contribution in [2.75, 3.05) is 6.16 Å². The van der Waals surface area contributed by atoms with E-state index in [0.29, 0.717) is 6.16 Å². The number of rotatable bonds is 6. The molecule has 0 bridgehead atoms. The maximum Gasteiger partial charge on any atom is 0.192 e. The molecule has 0 heterocycles. The van der Waals surface area contributed by atoms with Gasteiger partial charge in [0.15, 0.2) is 11.0 Å². The van der Waals surface area contributed by atoms with Crippen molar-refractivity contribution in [3.8, 4) is 0 Å². The summed E-state index contributed by atoms with van der Waals surface area (Å²) in [5, 5.41) is 0. The maximum absolute atomic E-state index is 13.7. The fourth-order valence-corrected chi connectivity index (χ4v) is 6.27. The van der Waals surface area contributed by atoms with Crippen molar-refractivity contribution in [3.05, 3.63) is 69.3 Å². The van der Waals surface area contributed by atoms with Crippen LogP contribution in [0.3, 0.4) is 0 Å². The summed E-state index contributed by atoms with van der Waals surface area (Å²) in [6.07, 6.45) is 0.626. The zero-order chi connectivity index (χ0) is 22.1. The molecule has 2 rings (SSSR count). The molecule has 0 fully saturated rings. The van der Waals surface area contributed by atoms with Gasteiger partial charge >= 0.3 is 0 Å². The third-order valence-corrected chi connectivity index (χ3v) is 7.87. The van der Waals surface area contributed by atoms with Crippen LogP contribution in [-0.4, -0.2) is 17.2 Å². The van der Waals surface area contributed by atoms with Crippen LogP contribution in [-0.2, 0) is 5.41 Å². The van der Waals surface area contributed by atoms with Gasteiger partial charge in [-0.05, 0) is 73.0 Å². The summed E-state index contributed by atoms with van der Waals surface area (Å²) >= 11 is 0. The lowest BCUT2D eigenvalue weighted by molar-refractivity contribution is 0.105. The fraction of sp³-hybridized carbons (Fsp3) is 0.462. The monoisotopic (exact) mass is 410 g/mol. The van der Waals surface area contributed by atoms with Crippen LogP contribution in [0.4, 0.5) is 0 Å². The Balaban J connectivity index is 2.57. The molecule has 0 N–H and O–H groups in total. The Labute approximate surface area is 177 Å². The molecule has 0 spiro atoms. The van der Waals surface area contributed by atoms with Crippen LogP contribution in [0.1, 0.15) is 83.2 Å². The van der Waals surface area contributed by atoms with Crippen LogP contribution in [0, 0.1) is 33.6 Å². The topological polar surface area (TPSA) is 34.1 Å². The molecule has 0 aliphatic heterocycles. The lowest BCUT2D eigenvalue weighted by atomic mass is 9.84. The van der Waals surface area contributed by atoms with E-state index >= 15 is 0 Å². The summed E-state index contributed by atoms with van der Waals surface area (Å²) in [5.41, 5.74) is 6.62. The highest BCUT2D eigenvalue weighted by atomic mass is 31.1. The van der Waals surface area contributed by atoms with E-state index in [4.69, 9.17) is 0 Å². The van der Waals surface area contributed by atoms with Crippen molar-refractivity contribution in [3.63, 3.8) is 0 Å². The molecule has 29 heavy (non-hydrogen) atoms. The third-order valence-electron chi connectivity index (χ3n) is 5.35. The van der Waals surface area contributed by atoms with Gasteiger partial charge in [0, 0.05) is 19.0 Å². The molecule has 0 saturated carbocycles. The molecular formula is C26H35O2P. The fourth-order valence-electron chi connectivity index (χ4n) is 3.78. The van der Waals surface area contributed by atoms with Crippen LogP contribution in [0.2, 0.25) is 0 Å². The molecule has 0 radical (unpaired) electrons. The van der Waals surface area contributed by atoms with Crippen LogP contribution < -0.4 is 0 Å². The Morgan fingerprint density at radius 2 is 1.24 bits per heavy atom. The zero-order valence-corrected chi connectivity index (χ0v) is 20.3. The van der Waals surface area contributed by atoms with Crippen molar-refractivity contribution in [1.82, 2.24) is 0 Å². The first kappa shape index (κ1) is 23.5. The minimum Gasteiger partial charge on any atom is -0.289 e. The molecular weight excluding hydrogens is 375 g/mol. The third kappa shape index (κ3) is 5.23. The maximum atomic E-state index is 13.7. The van der Waals surface area contributed by atoms with Crippen molar-refractivity contribution in [2.45, 2.75) is 67.7 Å². The summed E-state index contributed by atoms with van der Waals surface area (Å²) in [5.74, 6) is 0.285. The first-order chi connectivity index (χ1) is 13.3. The number of hydrogen-bond acceptors (Lipinski definition) is 2. The van der Waals surface area contributed by atoms with E-state index < -0.39 is 7.92 Å². The van der Waals surface area contributed by atoms with Crippen LogP contribution in [0.25, 0.3) is 0 Å². The van der Waals surface area contributed by atoms with Gasteiger partial charge in [-0.2, -0.15) is 0 Å². The second-order valence-electron chi connectivity index (χ2n) is 9.62. The summed E-state index contributed by atoms with van der Waals surface area (Å²) in [6.45, 7) is 18.6. The predicted molar refractivity (Wildman–Crippen MR) is 126 cm³/mol. The molecule has 1 atom stereocenters. The van der Waals surface area contributed by atoms with E-state index in [2.05, 4.69) is 46.8 Å². The Bertz CT molecular complexity index is 889. The van der Waals surface area contributed by atoms with E-state index in [1.54, 1.807) is 0 Å². The van der Waals surface area contributed by atoms with E-state index in [1.807, 2.05) is 45.9 Å². The largest absolute Gasteiger partial charge is 0.289 e. The molecule has 0 amide bonds. The SMILES string of the molecule is Cc1cccc(C)c1C(=O)P(CC(C)C)C(=O)c1c(C)cc(C(C)(C)C)cc1C. The lowest BCUT2D eigenvalue weighted by Crippen LogP contribution is -2.17. The normalized spacial score (nSPS) is 12.9. The first-order valence-corrected chi connectivity index (χ1v) is 11.9. The molecule has 156 valence electrons. The van der Waals surface area contributed by atoms with Crippen molar-refractivity contribution < 1.29 is 9.59 Å². The molecule has 0 saturated heterocycles. The second-order valence-corrected chi connectivity index (χ2v) is 11.7. The Morgan fingerprint density at radius 3 is 1.62 bits per heavy atom. The number of carbonyl (C=O) groups is 2. The van der Waals surface area contributed by atoms with Crippen molar-refractivity contribution in [1.29, 1.82) is 0 Å². The van der Waals surface area contributed by atoms with E-state index in [0.717, 1.165) is 33.4 Å². The molecule has 2 aromatic rings. The summed E-state index contributed by atoms with van der Waals surface area (Å²) < 4.78 is 0. The predicted octanol–water partition coefficient (Wildman–Crippen LogP) is 7.34. The van der Waals surface area contributed by atoms with Gasteiger partial charge in [-0.15, -0.1) is 0 Å². The van der Waals surface area contributed by atoms with Crippen molar-refractivity contribution >= 4 is 19.0 Å². The van der Waals surface area contributed by atoms with Gasteiger partial charge in [-0.1, -0.05) is 65.0 Å². The van der Waals surface area contributed by atoms with Crippen LogP contribution >= 0.6 is 7.92 Å². The molecule has 2 aromatic carbocycles. The molecule has 0 aliphatic rings. The van der Waals surface area contributed by atoms with E-state index in [1.165, 1.54) is 5.56 Å². The van der Waals surface area contributed by atoms with Crippen molar-refractivity contribution in [2.24, 2.45) is 5.92 Å². The molecule has 0 aromatic heterocycles. The Hall–Kier alpha value is -1.79. The lowest BCUT2D eigenvalue weighted by Gasteiger charge is -2.24. The van der Waals surface area contributed by atoms with Gasteiger partial charge in [-0.25, -0.2) is 0 Å². The summed E-state index contributed by atoms with van der Waals surface area (Å²) in [7, 11) is -1.46. The average molecular weight is 411 g/mol. The van der Waals surface area contributed by atoms with Gasteiger partial charge in [-0.3, -0.25) is 9.59 Å². The summed E-state index contributed by atoms with van der Waals surface area (Å²) in [6, 6.07) is 10.1. The minimum atomic E-state index is -1.46. The molecule has 0 aliphatic carbocycles. The van der Waals surface area contributed by atoms with Gasteiger partial charge in [0.2, 0.25) is 0 Å². The Kier molecular flexibility index (Phi) is 7.23. The highest BCUT2D eigenvalue weighted by Crippen LogP contribution is 2.47. The molecule has 1 unspecified atom stereocenters.